The van der Waals surface area contributed by atoms with Crippen molar-refractivity contribution in [1.82, 2.24) is 0 Å². The zero-order valence-electron chi connectivity index (χ0n) is 11.4. The summed E-state index contributed by atoms with van der Waals surface area (Å²) in [5, 5.41) is 2.85. The van der Waals surface area contributed by atoms with Gasteiger partial charge in [0.1, 0.15) is 0 Å². The van der Waals surface area contributed by atoms with Gasteiger partial charge in [0.25, 0.3) is 0 Å². The molecule has 0 spiro atoms. The Bertz CT molecular complexity index is 510. The molecule has 2 aromatic rings. The smallest absolute Gasteiger partial charge is 0.0114 e. The van der Waals surface area contributed by atoms with Gasteiger partial charge in [0.15, 0.2) is 0 Å². The zero-order valence-corrected chi connectivity index (χ0v) is 11.4. The van der Waals surface area contributed by atoms with Crippen LogP contribution in [-0.4, -0.2) is 0 Å². The summed E-state index contributed by atoms with van der Waals surface area (Å²) in [6.07, 6.45) is 2.38. The molecule has 0 N–H and O–H groups in total. The van der Waals surface area contributed by atoms with Crippen molar-refractivity contribution in [1.29, 1.82) is 0 Å². The van der Waals surface area contributed by atoms with Gasteiger partial charge in [-0.05, 0) is 33.7 Å². The summed E-state index contributed by atoms with van der Waals surface area (Å²) < 4.78 is 0. The second-order valence-electron chi connectivity index (χ2n) is 5.82. The van der Waals surface area contributed by atoms with Crippen LogP contribution in [0.15, 0.2) is 36.4 Å². The lowest BCUT2D eigenvalue weighted by Crippen LogP contribution is -2.12. The molecule has 0 radical (unpaired) electrons. The van der Waals surface area contributed by atoms with Gasteiger partial charge in [0, 0.05) is 0 Å². The Morgan fingerprint density at radius 3 is 2.18 bits per heavy atom. The summed E-state index contributed by atoms with van der Waals surface area (Å²) in [7, 11) is 0. The highest BCUT2D eigenvalue weighted by Crippen LogP contribution is 2.32. The zero-order chi connectivity index (χ0) is 12.5. The Kier molecular flexibility index (Phi) is 3.24. The van der Waals surface area contributed by atoms with E-state index in [-0.39, 0.29) is 5.41 Å². The van der Waals surface area contributed by atoms with E-state index < -0.39 is 0 Å². The van der Waals surface area contributed by atoms with Crippen molar-refractivity contribution in [2.75, 3.05) is 0 Å². The molecule has 0 amide bonds. The third-order valence-corrected chi connectivity index (χ3v) is 3.32. The van der Waals surface area contributed by atoms with E-state index in [2.05, 4.69) is 64.1 Å². The van der Waals surface area contributed by atoms with Crippen LogP contribution < -0.4 is 0 Å². The van der Waals surface area contributed by atoms with Gasteiger partial charge in [-0.2, -0.15) is 0 Å². The number of hydrogen-bond donors (Lipinski definition) is 0. The van der Waals surface area contributed by atoms with Crippen LogP contribution in [0.3, 0.4) is 0 Å². The Morgan fingerprint density at radius 1 is 0.941 bits per heavy atom. The average Bonchev–Trinajstić information content (AvgIpc) is 2.28. The number of aryl methyl sites for hydroxylation is 1. The highest BCUT2D eigenvalue weighted by molar-refractivity contribution is 5.89. The molecule has 17 heavy (non-hydrogen) atoms. The maximum absolute atomic E-state index is 2.30. The second kappa shape index (κ2) is 4.52. The van der Waals surface area contributed by atoms with E-state index in [1.807, 2.05) is 0 Å². The number of rotatable bonds is 2. The second-order valence-corrected chi connectivity index (χ2v) is 5.82. The molecule has 0 heteroatoms. The average molecular weight is 226 g/mol. The van der Waals surface area contributed by atoms with Gasteiger partial charge in [-0.3, -0.25) is 0 Å². The first kappa shape index (κ1) is 12.2. The largest absolute Gasteiger partial charge is 0.0651 e. The van der Waals surface area contributed by atoms with E-state index in [1.54, 1.807) is 0 Å². The Labute approximate surface area is 105 Å². The molecule has 2 aromatic carbocycles. The predicted molar refractivity (Wildman–Crippen MR) is 76.6 cm³/mol. The van der Waals surface area contributed by atoms with Crippen LogP contribution in [0.4, 0.5) is 0 Å². The highest BCUT2D eigenvalue weighted by atomic mass is 14.2. The highest BCUT2D eigenvalue weighted by Gasteiger charge is 2.17. The molecular weight excluding hydrogens is 204 g/mol. The Balaban J connectivity index is 2.76. The van der Waals surface area contributed by atoms with E-state index in [9.17, 15) is 0 Å². The van der Waals surface area contributed by atoms with Crippen LogP contribution in [-0.2, 0) is 11.8 Å². The first-order valence-corrected chi connectivity index (χ1v) is 6.55. The Hall–Kier alpha value is -1.30. The Morgan fingerprint density at radius 2 is 1.59 bits per heavy atom. The van der Waals surface area contributed by atoms with Gasteiger partial charge in [-0.15, -0.1) is 0 Å². The SMILES string of the molecule is CCCc1cccc2cccc(C(C)(C)C)c12. The molecule has 2 rings (SSSR count). The summed E-state index contributed by atoms with van der Waals surface area (Å²) in [4.78, 5) is 0. The lowest BCUT2D eigenvalue weighted by atomic mass is 9.82. The van der Waals surface area contributed by atoms with Gasteiger partial charge in [-0.1, -0.05) is 70.5 Å². The van der Waals surface area contributed by atoms with E-state index in [4.69, 9.17) is 0 Å². The fraction of sp³-hybridized carbons (Fsp3) is 0.412. The molecule has 0 heterocycles. The molecule has 0 aliphatic rings. The quantitative estimate of drug-likeness (QED) is 0.669. The first-order chi connectivity index (χ1) is 8.04. The molecular formula is C17H22. The molecule has 0 atom stereocenters. The molecule has 0 bridgehead atoms. The first-order valence-electron chi connectivity index (χ1n) is 6.55. The fourth-order valence-corrected chi connectivity index (χ4v) is 2.52. The number of hydrogen-bond acceptors (Lipinski definition) is 0. The topological polar surface area (TPSA) is 0 Å². The molecule has 0 aliphatic heterocycles. The number of benzene rings is 2. The summed E-state index contributed by atoms with van der Waals surface area (Å²) in [5.74, 6) is 0. The maximum atomic E-state index is 2.30. The molecule has 0 saturated heterocycles. The molecule has 0 aromatic heterocycles. The molecule has 90 valence electrons. The van der Waals surface area contributed by atoms with E-state index in [1.165, 1.54) is 34.7 Å². The lowest BCUT2D eigenvalue weighted by Gasteiger charge is -2.23. The van der Waals surface area contributed by atoms with Crippen molar-refractivity contribution < 1.29 is 0 Å². The van der Waals surface area contributed by atoms with Gasteiger partial charge >= 0.3 is 0 Å². The summed E-state index contributed by atoms with van der Waals surface area (Å²) in [5.41, 5.74) is 3.18. The molecule has 0 unspecified atom stereocenters. The number of fused-ring (bicyclic) bond motifs is 1. The van der Waals surface area contributed by atoms with Crippen LogP contribution in [0.2, 0.25) is 0 Å². The van der Waals surface area contributed by atoms with Crippen LogP contribution in [0, 0.1) is 0 Å². The molecule has 0 fully saturated rings. The van der Waals surface area contributed by atoms with Crippen LogP contribution in [0.25, 0.3) is 10.8 Å². The minimum absolute atomic E-state index is 0.212. The molecule has 0 saturated carbocycles. The van der Waals surface area contributed by atoms with Crippen molar-refractivity contribution >= 4 is 10.8 Å². The summed E-state index contributed by atoms with van der Waals surface area (Å²) in [6, 6.07) is 13.4. The van der Waals surface area contributed by atoms with Crippen molar-refractivity contribution in [3.8, 4) is 0 Å². The fourth-order valence-electron chi connectivity index (χ4n) is 2.52. The van der Waals surface area contributed by atoms with Crippen LogP contribution >= 0.6 is 0 Å². The molecule has 0 nitrogen and oxygen atoms in total. The standard InChI is InChI=1S/C17H22/c1-5-8-13-9-6-10-14-11-7-12-15(16(13)14)17(2,3)4/h6-7,9-12H,5,8H2,1-4H3. The van der Waals surface area contributed by atoms with Crippen molar-refractivity contribution in [2.24, 2.45) is 0 Å². The minimum atomic E-state index is 0.212. The maximum Gasteiger partial charge on any atom is -0.0114 e. The summed E-state index contributed by atoms with van der Waals surface area (Å²) >= 11 is 0. The monoisotopic (exact) mass is 226 g/mol. The van der Waals surface area contributed by atoms with Crippen LogP contribution in [0.5, 0.6) is 0 Å². The van der Waals surface area contributed by atoms with Gasteiger partial charge in [0.2, 0.25) is 0 Å². The van der Waals surface area contributed by atoms with E-state index >= 15 is 0 Å². The van der Waals surface area contributed by atoms with Gasteiger partial charge in [0.05, 0.1) is 0 Å². The third-order valence-electron chi connectivity index (χ3n) is 3.32. The van der Waals surface area contributed by atoms with Gasteiger partial charge < -0.3 is 0 Å². The summed E-state index contributed by atoms with van der Waals surface area (Å²) in [6.45, 7) is 9.14. The van der Waals surface area contributed by atoms with E-state index in [0.717, 1.165) is 0 Å². The third kappa shape index (κ3) is 2.36. The van der Waals surface area contributed by atoms with Crippen molar-refractivity contribution in [2.45, 2.75) is 46.0 Å². The predicted octanol–water partition coefficient (Wildman–Crippen LogP) is 5.09. The van der Waals surface area contributed by atoms with Crippen molar-refractivity contribution in [3.63, 3.8) is 0 Å². The van der Waals surface area contributed by atoms with Gasteiger partial charge in [-0.25, -0.2) is 0 Å². The van der Waals surface area contributed by atoms with Crippen molar-refractivity contribution in [3.05, 3.63) is 47.5 Å². The van der Waals surface area contributed by atoms with E-state index in [0.29, 0.717) is 0 Å². The molecule has 0 aliphatic carbocycles. The lowest BCUT2D eigenvalue weighted by molar-refractivity contribution is 0.595. The van der Waals surface area contributed by atoms with Crippen LogP contribution in [0.1, 0.15) is 45.2 Å². The minimum Gasteiger partial charge on any atom is -0.0651 e. The normalized spacial score (nSPS) is 12.0.